The Kier molecular flexibility index (Phi) is 11.5. The number of aliphatic hydroxyl groups excluding tert-OH is 1. The van der Waals surface area contributed by atoms with E-state index in [0.29, 0.717) is 36.4 Å². The first kappa shape index (κ1) is 50.4. The van der Waals surface area contributed by atoms with Gasteiger partial charge in [-0.2, -0.15) is 0 Å². The number of carbonyl (C=O) groups excluding carboxylic acids is 4. The summed E-state index contributed by atoms with van der Waals surface area (Å²) in [6.07, 6.45) is -12.5. The van der Waals surface area contributed by atoms with Crippen LogP contribution in [-0.4, -0.2) is 143 Å². The van der Waals surface area contributed by atoms with Crippen LogP contribution >= 0.6 is 0 Å². The Bertz CT molecular complexity index is 4070. The number of phenolic OH excluding ortho intramolecular Hbond substituents is 15. The molecule has 1 unspecified atom stereocenters. The fraction of sp³-hybridized carbons (Fsp3) is 0.125. The third-order valence-corrected chi connectivity index (χ3v) is 12.4. The molecule has 1 saturated heterocycles. The van der Waals surface area contributed by atoms with Crippen LogP contribution in [0.3, 0.4) is 0 Å². The molecule has 402 valence electrons. The molecule has 4 heterocycles. The molecule has 78 heavy (non-hydrogen) atoms. The van der Waals surface area contributed by atoms with E-state index in [0.717, 1.165) is 6.07 Å². The van der Waals surface area contributed by atoms with Crippen LogP contribution < -0.4 is 16.0 Å². The minimum atomic E-state index is -2.69. The molecule has 0 saturated carbocycles. The van der Waals surface area contributed by atoms with Crippen molar-refractivity contribution in [2.45, 2.75) is 30.7 Å². The minimum Gasteiger partial charge on any atom is -0.504 e. The molecule has 30 heteroatoms. The zero-order valence-electron chi connectivity index (χ0n) is 38.0. The summed E-state index contributed by atoms with van der Waals surface area (Å²) in [6, 6.07) is 3.67. The zero-order chi connectivity index (χ0) is 56.4. The molecular weight excluding hydrogens is 1060 g/mol. The lowest BCUT2D eigenvalue weighted by atomic mass is 9.92. The molecule has 30 nitrogen and oxygen atoms in total. The number of rotatable bonds is 6. The Morgan fingerprint density at radius 3 is 1.58 bits per heavy atom. The van der Waals surface area contributed by atoms with Crippen LogP contribution in [0.2, 0.25) is 0 Å². The Balaban J connectivity index is 1.10. The second-order valence-electron chi connectivity index (χ2n) is 17.0. The summed E-state index contributed by atoms with van der Waals surface area (Å²) >= 11 is 0. The summed E-state index contributed by atoms with van der Waals surface area (Å²) in [7, 11) is 0. The number of cyclic esters (lactones) is 1. The van der Waals surface area contributed by atoms with Crippen molar-refractivity contribution < 1.29 is 138 Å². The van der Waals surface area contributed by atoms with E-state index in [9.17, 15) is 110 Å². The fourth-order valence-corrected chi connectivity index (χ4v) is 8.71. The van der Waals surface area contributed by atoms with Crippen molar-refractivity contribution in [3.8, 4) is 109 Å². The van der Waals surface area contributed by atoms with Gasteiger partial charge in [-0.25, -0.2) is 28.8 Å². The van der Waals surface area contributed by atoms with E-state index in [2.05, 4.69) is 0 Å². The van der Waals surface area contributed by atoms with Gasteiger partial charge in [0, 0.05) is 34.0 Å². The Morgan fingerprint density at radius 1 is 0.500 bits per heavy atom. The topological polar surface area (TPSA) is 508 Å². The molecule has 0 amide bonds. The van der Waals surface area contributed by atoms with Crippen LogP contribution in [0.4, 0.5) is 0 Å². The van der Waals surface area contributed by atoms with Gasteiger partial charge >= 0.3 is 35.1 Å². The third-order valence-electron chi connectivity index (χ3n) is 12.4. The minimum absolute atomic E-state index is 0.334. The zero-order valence-corrected chi connectivity index (χ0v) is 38.0. The molecule has 1 fully saturated rings. The highest BCUT2D eigenvalue weighted by atomic mass is 16.7. The first-order valence-electron chi connectivity index (χ1n) is 21.6. The number of carbonyl (C=O) groups is 4. The van der Waals surface area contributed by atoms with Gasteiger partial charge in [-0.3, -0.25) is 0 Å². The predicted octanol–water partition coefficient (Wildman–Crippen LogP) is 2.40. The molecule has 0 bridgehead atoms. The normalized spacial score (nSPS) is 18.3. The highest BCUT2D eigenvalue weighted by molar-refractivity contribution is 6.22. The van der Waals surface area contributed by atoms with Crippen molar-refractivity contribution in [3.05, 3.63) is 85.6 Å². The van der Waals surface area contributed by atoms with Gasteiger partial charge in [0.2, 0.25) is 34.5 Å². The predicted molar refractivity (Wildman–Crippen MR) is 246 cm³/mol. The first-order valence-corrected chi connectivity index (χ1v) is 21.6. The first-order chi connectivity index (χ1) is 36.8. The summed E-state index contributed by atoms with van der Waals surface area (Å²) in [5.41, 5.74) is -10.6. The number of hydrogen-bond donors (Lipinski definition) is 16. The maximum atomic E-state index is 14.5. The Hall–Kier alpha value is -11.1. The van der Waals surface area contributed by atoms with Crippen molar-refractivity contribution in [1.29, 1.82) is 0 Å². The van der Waals surface area contributed by atoms with Gasteiger partial charge < -0.3 is 119 Å². The Labute approximate surface area is 425 Å². The summed E-state index contributed by atoms with van der Waals surface area (Å²) in [4.78, 5) is 83.2. The highest BCUT2D eigenvalue weighted by Gasteiger charge is 2.54. The van der Waals surface area contributed by atoms with Crippen molar-refractivity contribution in [1.82, 2.24) is 0 Å². The summed E-state index contributed by atoms with van der Waals surface area (Å²) < 4.78 is 43.6. The number of aliphatic hydroxyl groups is 1. The second kappa shape index (κ2) is 17.8. The number of esters is 4. The average Bonchev–Trinajstić information content (AvgIpc) is 3.41. The molecule has 2 aliphatic heterocycles. The average molecular weight is 1090 g/mol. The largest absolute Gasteiger partial charge is 0.504 e. The molecule has 2 aliphatic rings. The quantitative estimate of drug-likeness (QED) is 0.0374. The van der Waals surface area contributed by atoms with E-state index < -0.39 is 231 Å². The van der Waals surface area contributed by atoms with Gasteiger partial charge in [0.25, 0.3) is 0 Å². The van der Waals surface area contributed by atoms with E-state index >= 15 is 0 Å². The lowest BCUT2D eigenvalue weighted by molar-refractivity contribution is -0.284. The van der Waals surface area contributed by atoms with Gasteiger partial charge in [-0.1, -0.05) is 0 Å². The maximum absolute atomic E-state index is 14.5. The number of benzene rings is 6. The van der Waals surface area contributed by atoms with E-state index in [1.807, 2.05) is 0 Å². The van der Waals surface area contributed by atoms with Crippen LogP contribution in [-0.2, 0) is 23.7 Å². The molecule has 5 atom stereocenters. The van der Waals surface area contributed by atoms with Crippen LogP contribution in [0.15, 0.2) is 60.9 Å². The van der Waals surface area contributed by atoms with Crippen molar-refractivity contribution in [3.63, 3.8) is 0 Å². The van der Waals surface area contributed by atoms with Crippen LogP contribution in [0.5, 0.6) is 97.7 Å². The molecule has 10 rings (SSSR count). The van der Waals surface area contributed by atoms with Crippen molar-refractivity contribution in [2.24, 2.45) is 0 Å². The van der Waals surface area contributed by atoms with Crippen molar-refractivity contribution >= 4 is 56.6 Å². The SMILES string of the molecule is O=C(O[C@H]1[C@@H]2OC(=O)c3cc(O)c(O)c(O)c3-c3c(cc(O)c(O)c3O)C(=O)OC[C@H]2OC(O)[C@@H]1OC(=O)c1cc(O)c(O)c(O)c1Oc1cc2c(=O)oc3c(O)c(O)cc4c(=O)oc(c1O)c2c34)c1cc(O)c(O)c(O)c1. The lowest BCUT2D eigenvalue weighted by Gasteiger charge is -2.42. The van der Waals surface area contributed by atoms with E-state index in [1.165, 1.54) is 0 Å². The van der Waals surface area contributed by atoms with Gasteiger partial charge in [-0.15, -0.1) is 0 Å². The number of aromatic hydroxyl groups is 15. The summed E-state index contributed by atoms with van der Waals surface area (Å²) in [5.74, 6) is -28.5. The standard InChI is InChI=1S/C48H30O30/c49-15-1-9(2-16(50)27(15)55)42(64)77-40-37-22(8-71-43(65)10-3-17(51)28(56)33(61)23(10)24-11(44(66)74-37)4-18(52)29(57)34(24)62)73-48(70)41(40)78-47(69)14-6-19(53)30(58)35(63)36(14)72-21-7-13-26-25-12(45(67)76-39(26)32(21)60)5-20(54)31(59)38(25)75-46(13)68/h1-7,22,37,40-41,48-63,70H,8H2/t22-,37-,40+,41-,48?/m1/s1. The lowest BCUT2D eigenvalue weighted by Crippen LogP contribution is -2.62. The van der Waals surface area contributed by atoms with Crippen molar-refractivity contribution in [2.75, 3.05) is 6.61 Å². The fourth-order valence-electron chi connectivity index (χ4n) is 8.71. The summed E-state index contributed by atoms with van der Waals surface area (Å²) in [6.45, 7) is -1.24. The molecular formula is C48H30O30. The second-order valence-corrected chi connectivity index (χ2v) is 17.0. The van der Waals surface area contributed by atoms with E-state index in [-0.39, 0.29) is 5.39 Å². The maximum Gasteiger partial charge on any atom is 0.344 e. The summed E-state index contributed by atoms with van der Waals surface area (Å²) in [5, 5.41) is 169. The molecule has 0 aliphatic carbocycles. The number of fused-ring (bicyclic) bond motifs is 4. The number of phenols is 15. The number of hydrogen-bond acceptors (Lipinski definition) is 30. The van der Waals surface area contributed by atoms with E-state index in [1.54, 1.807) is 0 Å². The molecule has 16 N–H and O–H groups in total. The monoisotopic (exact) mass is 1090 g/mol. The van der Waals surface area contributed by atoms with Gasteiger partial charge in [0.05, 0.1) is 27.5 Å². The number of ether oxygens (including phenoxy) is 6. The third kappa shape index (κ3) is 7.66. The smallest absolute Gasteiger partial charge is 0.344 e. The van der Waals surface area contributed by atoms with Gasteiger partial charge in [-0.05, 0) is 30.3 Å². The van der Waals surface area contributed by atoms with Crippen LogP contribution in [0, 0.1) is 0 Å². The molecule has 0 spiro atoms. The molecule has 2 aromatic heterocycles. The molecule has 8 aromatic rings. The van der Waals surface area contributed by atoms with Crippen LogP contribution in [0.25, 0.3) is 43.8 Å². The molecule has 0 radical (unpaired) electrons. The van der Waals surface area contributed by atoms with E-state index in [4.69, 9.17) is 37.3 Å². The Morgan fingerprint density at radius 2 is 0.987 bits per heavy atom. The van der Waals surface area contributed by atoms with Gasteiger partial charge in [0.15, 0.2) is 99.0 Å². The highest BCUT2D eigenvalue weighted by Crippen LogP contribution is 2.54. The van der Waals surface area contributed by atoms with Gasteiger partial charge in [0.1, 0.15) is 18.3 Å². The molecule has 6 aromatic carbocycles. The van der Waals surface area contributed by atoms with Crippen LogP contribution in [0.1, 0.15) is 41.4 Å².